The number of aryl methyl sites for hydroxylation is 1. The Labute approximate surface area is 174 Å². The molecule has 1 aliphatic heterocycles. The number of hydrogen-bond donors (Lipinski definition) is 2. The number of methoxy groups -OCH3 is 1. The zero-order valence-corrected chi connectivity index (χ0v) is 17.0. The summed E-state index contributed by atoms with van der Waals surface area (Å²) in [6, 6.07) is 8.76. The molecule has 1 unspecified atom stereocenters. The molecular weight excluding hydrogens is 384 g/mol. The van der Waals surface area contributed by atoms with E-state index in [1.807, 2.05) is 24.3 Å². The van der Waals surface area contributed by atoms with Crippen molar-refractivity contribution < 1.29 is 14.3 Å². The molecule has 1 aliphatic carbocycles. The van der Waals surface area contributed by atoms with Gasteiger partial charge < -0.3 is 10.1 Å². The minimum atomic E-state index is -0.391. The SMILES string of the molecule is COc1ccc(CNC(=O)Nc2cc(C)nn2C2=NC(=O)C3CCCCC3=N2)cc1. The summed E-state index contributed by atoms with van der Waals surface area (Å²) in [5, 5.41) is 9.94. The van der Waals surface area contributed by atoms with Crippen LogP contribution in [0.25, 0.3) is 0 Å². The summed E-state index contributed by atoms with van der Waals surface area (Å²) in [5.74, 6) is 0.977. The lowest BCUT2D eigenvalue weighted by molar-refractivity contribution is -0.120. The lowest BCUT2D eigenvalue weighted by atomic mass is 9.86. The van der Waals surface area contributed by atoms with Gasteiger partial charge in [-0.05, 0) is 43.9 Å². The highest BCUT2D eigenvalue weighted by atomic mass is 16.5. The van der Waals surface area contributed by atoms with Crippen molar-refractivity contribution in [1.82, 2.24) is 15.1 Å². The monoisotopic (exact) mass is 408 g/mol. The van der Waals surface area contributed by atoms with Crippen molar-refractivity contribution in [2.45, 2.75) is 39.2 Å². The van der Waals surface area contributed by atoms with Gasteiger partial charge in [0.05, 0.1) is 18.7 Å². The van der Waals surface area contributed by atoms with Crippen LogP contribution in [0.5, 0.6) is 5.75 Å². The number of urea groups is 1. The summed E-state index contributed by atoms with van der Waals surface area (Å²) in [7, 11) is 1.61. The van der Waals surface area contributed by atoms with Crippen molar-refractivity contribution in [2.24, 2.45) is 15.9 Å². The van der Waals surface area contributed by atoms with E-state index in [1.165, 1.54) is 4.68 Å². The van der Waals surface area contributed by atoms with Gasteiger partial charge in [-0.3, -0.25) is 10.1 Å². The van der Waals surface area contributed by atoms with Gasteiger partial charge in [0.15, 0.2) is 0 Å². The molecular formula is C21H24N6O3. The third-order valence-electron chi connectivity index (χ3n) is 5.20. The number of carbonyl (C=O) groups is 2. The molecule has 1 atom stereocenters. The van der Waals surface area contributed by atoms with Crippen LogP contribution in [-0.2, 0) is 11.3 Å². The van der Waals surface area contributed by atoms with E-state index >= 15 is 0 Å². The van der Waals surface area contributed by atoms with Crippen LogP contribution < -0.4 is 15.4 Å². The van der Waals surface area contributed by atoms with Crippen LogP contribution in [0.1, 0.15) is 36.9 Å². The van der Waals surface area contributed by atoms with Crippen LogP contribution in [-0.4, -0.2) is 40.5 Å². The Morgan fingerprint density at radius 1 is 1.23 bits per heavy atom. The van der Waals surface area contributed by atoms with Crippen molar-refractivity contribution in [3.8, 4) is 5.75 Å². The largest absolute Gasteiger partial charge is 0.497 e. The van der Waals surface area contributed by atoms with Gasteiger partial charge in [0.25, 0.3) is 11.9 Å². The Morgan fingerprint density at radius 3 is 2.80 bits per heavy atom. The Balaban J connectivity index is 1.46. The number of carbonyl (C=O) groups excluding carboxylic acids is 2. The summed E-state index contributed by atoms with van der Waals surface area (Å²) in [5.41, 5.74) is 2.48. The predicted octanol–water partition coefficient (Wildman–Crippen LogP) is 2.90. The van der Waals surface area contributed by atoms with E-state index in [1.54, 1.807) is 20.1 Å². The molecule has 1 aromatic carbocycles. The second kappa shape index (κ2) is 8.48. The van der Waals surface area contributed by atoms with Gasteiger partial charge in [0.1, 0.15) is 11.6 Å². The molecule has 30 heavy (non-hydrogen) atoms. The molecule has 156 valence electrons. The van der Waals surface area contributed by atoms with E-state index < -0.39 is 6.03 Å². The molecule has 2 aromatic rings. The molecule has 9 nitrogen and oxygen atoms in total. The number of amides is 3. The van der Waals surface area contributed by atoms with Gasteiger partial charge in [-0.25, -0.2) is 9.79 Å². The first-order valence-corrected chi connectivity index (χ1v) is 9.98. The Morgan fingerprint density at radius 2 is 2.03 bits per heavy atom. The van der Waals surface area contributed by atoms with Crippen molar-refractivity contribution in [1.29, 1.82) is 0 Å². The fourth-order valence-corrected chi connectivity index (χ4v) is 3.65. The van der Waals surface area contributed by atoms with E-state index in [2.05, 4.69) is 25.7 Å². The summed E-state index contributed by atoms with van der Waals surface area (Å²) < 4.78 is 6.55. The highest BCUT2D eigenvalue weighted by Crippen LogP contribution is 2.26. The summed E-state index contributed by atoms with van der Waals surface area (Å²) in [6.07, 6.45) is 3.63. The number of anilines is 1. The molecule has 4 rings (SSSR count). The Hall–Kier alpha value is -3.49. The first kappa shape index (κ1) is 19.8. The third-order valence-corrected chi connectivity index (χ3v) is 5.20. The standard InChI is InChI=1S/C21H24N6O3/c1-13-11-18(24-21(29)22-12-14-7-9-15(30-2)10-8-14)27(26-13)20-23-17-6-4-3-5-16(17)19(28)25-20/h7-11,16H,3-6,12H2,1-2H3,(H2,22,24,29). The van der Waals surface area contributed by atoms with E-state index in [-0.39, 0.29) is 17.8 Å². The number of rotatable bonds is 4. The van der Waals surface area contributed by atoms with Crippen LogP contribution in [0, 0.1) is 12.8 Å². The Kier molecular flexibility index (Phi) is 5.60. The van der Waals surface area contributed by atoms with E-state index in [9.17, 15) is 9.59 Å². The molecule has 3 amide bonds. The van der Waals surface area contributed by atoms with Crippen LogP contribution in [0.2, 0.25) is 0 Å². The number of hydrogen-bond acceptors (Lipinski definition) is 5. The van der Waals surface area contributed by atoms with Gasteiger partial charge >= 0.3 is 6.03 Å². The number of aromatic nitrogens is 2. The maximum atomic E-state index is 12.4. The van der Waals surface area contributed by atoms with Crippen molar-refractivity contribution in [3.63, 3.8) is 0 Å². The zero-order valence-electron chi connectivity index (χ0n) is 17.0. The van der Waals surface area contributed by atoms with Crippen LogP contribution >= 0.6 is 0 Å². The minimum Gasteiger partial charge on any atom is -0.497 e. The summed E-state index contributed by atoms with van der Waals surface area (Å²) in [6.45, 7) is 2.16. The molecule has 1 saturated carbocycles. The number of aliphatic imine (C=N–C) groups is 2. The molecule has 1 aromatic heterocycles. The number of nitrogens with one attached hydrogen (secondary N) is 2. The molecule has 0 radical (unpaired) electrons. The van der Waals surface area contributed by atoms with E-state index in [4.69, 9.17) is 4.74 Å². The smallest absolute Gasteiger partial charge is 0.320 e. The summed E-state index contributed by atoms with van der Waals surface area (Å²) >= 11 is 0. The first-order valence-electron chi connectivity index (χ1n) is 9.98. The second-order valence-corrected chi connectivity index (χ2v) is 7.39. The lowest BCUT2D eigenvalue weighted by Crippen LogP contribution is -2.34. The van der Waals surface area contributed by atoms with Crippen molar-refractivity contribution in [2.75, 3.05) is 12.4 Å². The lowest BCUT2D eigenvalue weighted by Gasteiger charge is -2.24. The average Bonchev–Trinajstić information content (AvgIpc) is 3.12. The van der Waals surface area contributed by atoms with Gasteiger partial charge in [-0.1, -0.05) is 18.6 Å². The molecule has 2 heterocycles. The maximum absolute atomic E-state index is 12.4. The molecule has 9 heteroatoms. The molecule has 0 spiro atoms. The normalized spacial score (nSPS) is 18.2. The highest BCUT2D eigenvalue weighted by molar-refractivity contribution is 6.16. The molecule has 1 fully saturated rings. The second-order valence-electron chi connectivity index (χ2n) is 7.39. The van der Waals surface area contributed by atoms with Gasteiger partial charge in [-0.15, -0.1) is 0 Å². The predicted molar refractivity (Wildman–Crippen MR) is 113 cm³/mol. The fourth-order valence-electron chi connectivity index (χ4n) is 3.65. The van der Waals surface area contributed by atoms with Crippen LogP contribution in [0.4, 0.5) is 10.6 Å². The maximum Gasteiger partial charge on any atom is 0.320 e. The minimum absolute atomic E-state index is 0.183. The quantitative estimate of drug-likeness (QED) is 0.810. The number of nitrogens with zero attached hydrogens (tertiary/aromatic N) is 4. The zero-order chi connectivity index (χ0) is 21.1. The number of benzene rings is 1. The third kappa shape index (κ3) is 4.24. The first-order chi connectivity index (χ1) is 14.5. The van der Waals surface area contributed by atoms with Crippen molar-refractivity contribution >= 4 is 29.4 Å². The molecule has 2 aliphatic rings. The fraction of sp³-hybridized carbons (Fsp3) is 0.381. The van der Waals surface area contributed by atoms with Crippen LogP contribution in [0.15, 0.2) is 40.3 Å². The number of fused-ring (bicyclic) bond motifs is 1. The van der Waals surface area contributed by atoms with E-state index in [0.29, 0.717) is 18.1 Å². The Bertz CT molecular complexity index is 1020. The van der Waals surface area contributed by atoms with Crippen molar-refractivity contribution in [3.05, 3.63) is 41.6 Å². The molecule has 0 saturated heterocycles. The van der Waals surface area contributed by atoms with E-state index in [0.717, 1.165) is 42.7 Å². The summed E-state index contributed by atoms with van der Waals surface area (Å²) in [4.78, 5) is 33.6. The van der Waals surface area contributed by atoms with Gasteiger partial charge in [0.2, 0.25) is 0 Å². The number of ether oxygens (including phenoxy) is 1. The van der Waals surface area contributed by atoms with Gasteiger partial charge in [-0.2, -0.15) is 14.8 Å². The molecule has 0 bridgehead atoms. The topological polar surface area (TPSA) is 110 Å². The van der Waals surface area contributed by atoms with Crippen LogP contribution in [0.3, 0.4) is 0 Å². The average molecular weight is 408 g/mol. The molecule has 2 N–H and O–H groups in total. The highest BCUT2D eigenvalue weighted by Gasteiger charge is 2.32. The van der Waals surface area contributed by atoms with Gasteiger partial charge in [0, 0.05) is 18.3 Å².